The molecule has 0 aliphatic carbocycles. The Kier molecular flexibility index (Phi) is 5.14. The van der Waals surface area contributed by atoms with Crippen molar-refractivity contribution in [3.8, 4) is 0 Å². The van der Waals surface area contributed by atoms with E-state index in [0.717, 1.165) is 39.2 Å². The molecule has 1 nitrogen and oxygen atoms in total. The van der Waals surface area contributed by atoms with E-state index < -0.39 is 18.9 Å². The molecule has 0 aromatic heterocycles. The predicted molar refractivity (Wildman–Crippen MR) is 131 cm³/mol. The molecule has 0 amide bonds. The van der Waals surface area contributed by atoms with Gasteiger partial charge in [-0.2, -0.15) is 13.2 Å². The zero-order valence-corrected chi connectivity index (χ0v) is 18.7. The van der Waals surface area contributed by atoms with Crippen molar-refractivity contribution in [1.29, 1.82) is 0 Å². The van der Waals surface area contributed by atoms with Gasteiger partial charge in [0.1, 0.15) is 0 Å². The van der Waals surface area contributed by atoms with Gasteiger partial charge in [0.25, 0.3) is 0 Å². The van der Waals surface area contributed by atoms with Gasteiger partial charge in [-0.1, -0.05) is 84.4 Å². The lowest BCUT2D eigenvalue weighted by atomic mass is 10.0. The van der Waals surface area contributed by atoms with E-state index in [1.54, 1.807) is 18.2 Å². The van der Waals surface area contributed by atoms with Crippen molar-refractivity contribution in [3.63, 3.8) is 0 Å². The summed E-state index contributed by atoms with van der Waals surface area (Å²) in [6.07, 6.45) is -4.53. The fourth-order valence-electron chi connectivity index (χ4n) is 4.42. The molecular formula is C28H20F3OP. The van der Waals surface area contributed by atoms with Crippen molar-refractivity contribution in [2.75, 3.05) is 0 Å². The molecule has 0 aliphatic rings. The Morgan fingerprint density at radius 2 is 1.24 bits per heavy atom. The minimum absolute atomic E-state index is 0.170. The standard InChI is InChI=1S/C28H20F3OP/c1-19-8-6-11-22(16-19)33(32,23-12-7-10-21(18-23)28(29,30)31)27-17-20-9-2-3-13-24(20)25-14-4-5-15-26(25)27/h2-18H,1H3. The smallest absolute Gasteiger partial charge is 0.309 e. The van der Waals surface area contributed by atoms with Gasteiger partial charge in [-0.25, -0.2) is 0 Å². The Hall–Kier alpha value is -3.36. The van der Waals surface area contributed by atoms with E-state index in [4.69, 9.17) is 0 Å². The Morgan fingerprint density at radius 1 is 0.636 bits per heavy atom. The molecule has 0 fully saturated rings. The number of benzene rings is 5. The van der Waals surface area contributed by atoms with Crippen LogP contribution in [0.4, 0.5) is 13.2 Å². The van der Waals surface area contributed by atoms with Gasteiger partial charge in [-0.3, -0.25) is 0 Å². The fourth-order valence-corrected chi connectivity index (χ4v) is 7.43. The summed E-state index contributed by atoms with van der Waals surface area (Å²) in [5, 5.41) is 4.83. The van der Waals surface area contributed by atoms with E-state index >= 15 is 4.57 Å². The van der Waals surface area contributed by atoms with Gasteiger partial charge in [-0.05, 0) is 52.7 Å². The van der Waals surface area contributed by atoms with Gasteiger partial charge in [0, 0.05) is 15.9 Å². The first-order chi connectivity index (χ1) is 15.8. The predicted octanol–water partition coefficient (Wildman–Crippen LogP) is 6.96. The highest BCUT2D eigenvalue weighted by Crippen LogP contribution is 2.46. The molecule has 1 atom stereocenters. The lowest BCUT2D eigenvalue weighted by molar-refractivity contribution is -0.137. The zero-order valence-electron chi connectivity index (χ0n) is 17.8. The number of rotatable bonds is 3. The highest BCUT2D eigenvalue weighted by molar-refractivity contribution is 7.85. The summed E-state index contributed by atoms with van der Waals surface area (Å²) in [7, 11) is -3.65. The van der Waals surface area contributed by atoms with Crippen molar-refractivity contribution in [1.82, 2.24) is 0 Å². The van der Waals surface area contributed by atoms with Gasteiger partial charge in [-0.15, -0.1) is 0 Å². The van der Waals surface area contributed by atoms with E-state index in [1.807, 2.05) is 73.7 Å². The third-order valence-electron chi connectivity index (χ3n) is 5.99. The van der Waals surface area contributed by atoms with Crippen LogP contribution in [0.3, 0.4) is 0 Å². The van der Waals surface area contributed by atoms with Crippen molar-refractivity contribution >= 4 is 44.6 Å². The molecule has 0 aliphatic heterocycles. The van der Waals surface area contributed by atoms with Crippen LogP contribution in [0.25, 0.3) is 21.5 Å². The topological polar surface area (TPSA) is 17.1 Å². The van der Waals surface area contributed by atoms with Crippen LogP contribution in [0, 0.1) is 6.92 Å². The van der Waals surface area contributed by atoms with Crippen LogP contribution >= 0.6 is 7.14 Å². The van der Waals surface area contributed by atoms with Crippen LogP contribution in [0.1, 0.15) is 11.1 Å². The van der Waals surface area contributed by atoms with Crippen LogP contribution in [-0.4, -0.2) is 0 Å². The quantitative estimate of drug-likeness (QED) is 0.210. The van der Waals surface area contributed by atoms with Gasteiger partial charge >= 0.3 is 6.18 Å². The second-order valence-electron chi connectivity index (χ2n) is 8.16. The van der Waals surface area contributed by atoms with Gasteiger partial charge < -0.3 is 4.57 Å². The minimum Gasteiger partial charge on any atom is -0.309 e. The van der Waals surface area contributed by atoms with E-state index in [9.17, 15) is 13.2 Å². The average molecular weight is 460 g/mol. The van der Waals surface area contributed by atoms with E-state index in [2.05, 4.69) is 0 Å². The first-order valence-electron chi connectivity index (χ1n) is 10.5. The maximum Gasteiger partial charge on any atom is 0.416 e. The second-order valence-corrected chi connectivity index (χ2v) is 10.9. The molecule has 1 unspecified atom stereocenters. The first-order valence-corrected chi connectivity index (χ1v) is 12.3. The lowest BCUT2D eigenvalue weighted by Crippen LogP contribution is -2.27. The van der Waals surface area contributed by atoms with Gasteiger partial charge in [0.05, 0.1) is 5.56 Å². The fraction of sp³-hybridized carbons (Fsp3) is 0.0714. The van der Waals surface area contributed by atoms with Crippen LogP contribution in [0.5, 0.6) is 0 Å². The number of halogens is 3. The van der Waals surface area contributed by atoms with Crippen LogP contribution in [0.15, 0.2) is 103 Å². The number of fused-ring (bicyclic) bond motifs is 3. The third kappa shape index (κ3) is 3.65. The summed E-state index contributed by atoms with van der Waals surface area (Å²) in [4.78, 5) is 0. The molecule has 0 saturated carbocycles. The SMILES string of the molecule is Cc1cccc(P(=O)(c2cccc(C(F)(F)F)c2)c2cc3ccccc3c3ccccc23)c1. The largest absolute Gasteiger partial charge is 0.416 e. The van der Waals surface area contributed by atoms with Crippen LogP contribution < -0.4 is 15.9 Å². The maximum absolute atomic E-state index is 15.1. The molecule has 0 spiro atoms. The Balaban J connectivity index is 1.93. The number of aryl methyl sites for hydroxylation is 1. The van der Waals surface area contributed by atoms with Crippen LogP contribution in [0.2, 0.25) is 0 Å². The minimum atomic E-state index is -4.53. The zero-order chi connectivity index (χ0) is 23.2. The Morgan fingerprint density at radius 3 is 1.94 bits per heavy atom. The van der Waals surface area contributed by atoms with Crippen molar-refractivity contribution < 1.29 is 17.7 Å². The van der Waals surface area contributed by atoms with Gasteiger partial charge in [0.15, 0.2) is 7.14 Å². The maximum atomic E-state index is 15.1. The molecule has 5 aromatic rings. The monoisotopic (exact) mass is 460 g/mol. The molecule has 164 valence electrons. The number of alkyl halides is 3. The summed E-state index contributed by atoms with van der Waals surface area (Å²) in [6, 6.07) is 29.5. The molecule has 5 heteroatoms. The normalized spacial score (nSPS) is 13.8. The molecule has 5 rings (SSSR count). The molecule has 33 heavy (non-hydrogen) atoms. The molecule has 0 N–H and O–H groups in total. The summed E-state index contributed by atoms with van der Waals surface area (Å²) < 4.78 is 55.9. The molecule has 0 radical (unpaired) electrons. The van der Waals surface area contributed by atoms with Gasteiger partial charge in [0.2, 0.25) is 0 Å². The van der Waals surface area contributed by atoms with E-state index in [0.29, 0.717) is 10.6 Å². The molecule has 0 saturated heterocycles. The second kappa shape index (κ2) is 7.90. The lowest BCUT2D eigenvalue weighted by Gasteiger charge is -2.24. The molecule has 0 bridgehead atoms. The number of hydrogen-bond acceptors (Lipinski definition) is 1. The Bertz CT molecular complexity index is 1550. The highest BCUT2D eigenvalue weighted by Gasteiger charge is 2.36. The summed E-state index contributed by atoms with van der Waals surface area (Å²) in [5.41, 5.74) is 0.0859. The molecular weight excluding hydrogens is 440 g/mol. The highest BCUT2D eigenvalue weighted by atomic mass is 31.2. The first kappa shape index (κ1) is 21.5. The summed E-state index contributed by atoms with van der Waals surface area (Å²) in [5.74, 6) is 0. The van der Waals surface area contributed by atoms with Crippen molar-refractivity contribution in [2.45, 2.75) is 13.1 Å². The average Bonchev–Trinajstić information content (AvgIpc) is 2.82. The summed E-state index contributed by atoms with van der Waals surface area (Å²) in [6.45, 7) is 1.89. The van der Waals surface area contributed by atoms with Crippen molar-refractivity contribution in [3.05, 3.63) is 114 Å². The van der Waals surface area contributed by atoms with E-state index in [1.165, 1.54) is 6.07 Å². The number of hydrogen-bond donors (Lipinski definition) is 0. The summed E-state index contributed by atoms with van der Waals surface area (Å²) >= 11 is 0. The van der Waals surface area contributed by atoms with Crippen molar-refractivity contribution in [2.24, 2.45) is 0 Å². The van der Waals surface area contributed by atoms with Crippen LogP contribution in [-0.2, 0) is 10.7 Å². The third-order valence-corrected chi connectivity index (χ3v) is 9.05. The molecule has 0 heterocycles. The van der Waals surface area contributed by atoms with E-state index in [-0.39, 0.29) is 5.30 Å². The Labute approximate surface area is 189 Å². The molecule has 5 aromatic carbocycles.